The maximum Gasteiger partial charge on any atom is 0.241 e. The summed E-state index contributed by atoms with van der Waals surface area (Å²) in [4.78, 5) is 11.4. The van der Waals surface area contributed by atoms with Crippen LogP contribution in [0.25, 0.3) is 0 Å². The van der Waals surface area contributed by atoms with Crippen molar-refractivity contribution in [1.29, 1.82) is 0 Å². The zero-order valence-electron chi connectivity index (χ0n) is 9.29. The number of ether oxygens (including phenoxy) is 1. The molecular weight excluding hydrogens is 228 g/mol. The van der Waals surface area contributed by atoms with Crippen molar-refractivity contribution in [2.75, 3.05) is 11.9 Å². The van der Waals surface area contributed by atoms with Crippen molar-refractivity contribution in [1.82, 2.24) is 0 Å². The molecule has 0 spiro atoms. The summed E-state index contributed by atoms with van der Waals surface area (Å²) in [5.74, 6) is 0.309. The molecule has 0 aliphatic carbocycles. The Morgan fingerprint density at radius 3 is 2.88 bits per heavy atom. The number of amides is 1. The van der Waals surface area contributed by atoms with Crippen LogP contribution in [0.4, 0.5) is 5.69 Å². The van der Waals surface area contributed by atoms with Gasteiger partial charge in [-0.3, -0.25) is 4.79 Å². The number of carbonyl (C=O) groups is 1. The maximum atomic E-state index is 11.4. The fraction of sp³-hybridized carbons (Fsp3) is 0.364. The summed E-state index contributed by atoms with van der Waals surface area (Å²) in [6, 6.07) is 4.47. The number of carbonyl (C=O) groups excluding carboxylic acids is 1. The summed E-state index contributed by atoms with van der Waals surface area (Å²) in [6.45, 7) is 3.99. The van der Waals surface area contributed by atoms with Gasteiger partial charge in [0.15, 0.2) is 0 Å². The van der Waals surface area contributed by atoms with Gasteiger partial charge in [-0.1, -0.05) is 11.6 Å². The minimum atomic E-state index is -0.576. The molecule has 0 fully saturated rings. The Labute approximate surface area is 99.7 Å². The third-order valence-electron chi connectivity index (χ3n) is 1.91. The van der Waals surface area contributed by atoms with E-state index >= 15 is 0 Å². The molecule has 0 aromatic heterocycles. The first kappa shape index (κ1) is 12.8. The van der Waals surface area contributed by atoms with Crippen LogP contribution in [0.3, 0.4) is 0 Å². The molecule has 0 radical (unpaired) electrons. The number of rotatable bonds is 4. The van der Waals surface area contributed by atoms with Gasteiger partial charge < -0.3 is 15.8 Å². The number of nitrogens with one attached hydrogen (secondary N) is 1. The number of anilines is 1. The van der Waals surface area contributed by atoms with E-state index in [1.54, 1.807) is 25.1 Å². The normalized spacial score (nSPS) is 12.0. The maximum absolute atomic E-state index is 11.4. The molecule has 1 aromatic carbocycles. The molecule has 0 bridgehead atoms. The van der Waals surface area contributed by atoms with Crippen molar-refractivity contribution in [3.8, 4) is 5.75 Å². The van der Waals surface area contributed by atoms with E-state index in [1.165, 1.54) is 0 Å². The van der Waals surface area contributed by atoms with Crippen LogP contribution in [0.15, 0.2) is 18.2 Å². The molecule has 0 aliphatic heterocycles. The Morgan fingerprint density at radius 1 is 1.62 bits per heavy atom. The van der Waals surface area contributed by atoms with E-state index in [9.17, 15) is 4.79 Å². The van der Waals surface area contributed by atoms with Crippen molar-refractivity contribution in [3.63, 3.8) is 0 Å². The van der Waals surface area contributed by atoms with Crippen LogP contribution in [-0.4, -0.2) is 18.6 Å². The third kappa shape index (κ3) is 3.40. The van der Waals surface area contributed by atoms with Gasteiger partial charge in [-0.15, -0.1) is 0 Å². The van der Waals surface area contributed by atoms with E-state index in [4.69, 9.17) is 22.1 Å². The molecule has 1 aromatic rings. The number of benzene rings is 1. The second-order valence-corrected chi connectivity index (χ2v) is 3.79. The van der Waals surface area contributed by atoms with Crippen molar-refractivity contribution in [2.45, 2.75) is 19.9 Å². The Balaban J connectivity index is 2.91. The fourth-order valence-corrected chi connectivity index (χ4v) is 1.30. The lowest BCUT2D eigenvalue weighted by molar-refractivity contribution is -0.117. The van der Waals surface area contributed by atoms with E-state index in [-0.39, 0.29) is 5.91 Å². The first-order valence-electron chi connectivity index (χ1n) is 5.03. The fourth-order valence-electron chi connectivity index (χ4n) is 1.13. The minimum absolute atomic E-state index is 0.275. The summed E-state index contributed by atoms with van der Waals surface area (Å²) < 4.78 is 5.36. The minimum Gasteiger partial charge on any atom is -0.492 e. The summed E-state index contributed by atoms with van der Waals surface area (Å²) in [7, 11) is 0. The zero-order valence-corrected chi connectivity index (χ0v) is 10.0. The molecule has 1 rings (SSSR count). The van der Waals surface area contributed by atoms with Gasteiger partial charge in [-0.2, -0.15) is 0 Å². The van der Waals surface area contributed by atoms with E-state index in [1.807, 2.05) is 6.92 Å². The highest BCUT2D eigenvalue weighted by Gasteiger charge is 2.11. The van der Waals surface area contributed by atoms with Gasteiger partial charge >= 0.3 is 0 Å². The standard InChI is InChI=1S/C11H15ClN2O2/c1-3-16-10-5-4-8(12)6-9(10)14-11(15)7(2)13/h4-7H,3,13H2,1-2H3,(H,14,15). The predicted octanol–water partition coefficient (Wildman–Crippen LogP) is 2.02. The van der Waals surface area contributed by atoms with Crippen LogP contribution < -0.4 is 15.8 Å². The van der Waals surface area contributed by atoms with E-state index in [0.29, 0.717) is 23.1 Å². The average Bonchev–Trinajstić information content (AvgIpc) is 2.22. The van der Waals surface area contributed by atoms with Gasteiger partial charge in [-0.25, -0.2) is 0 Å². The smallest absolute Gasteiger partial charge is 0.241 e. The van der Waals surface area contributed by atoms with Gasteiger partial charge in [0, 0.05) is 5.02 Å². The van der Waals surface area contributed by atoms with Gasteiger partial charge in [0.2, 0.25) is 5.91 Å². The molecule has 1 amide bonds. The van der Waals surface area contributed by atoms with Gasteiger partial charge in [0.1, 0.15) is 5.75 Å². The zero-order chi connectivity index (χ0) is 12.1. The van der Waals surface area contributed by atoms with E-state index in [2.05, 4.69) is 5.32 Å². The molecule has 0 aliphatic rings. The highest BCUT2D eigenvalue weighted by molar-refractivity contribution is 6.31. The quantitative estimate of drug-likeness (QED) is 0.849. The van der Waals surface area contributed by atoms with Crippen LogP contribution >= 0.6 is 11.6 Å². The van der Waals surface area contributed by atoms with E-state index in [0.717, 1.165) is 0 Å². The van der Waals surface area contributed by atoms with Crippen LogP contribution in [0.1, 0.15) is 13.8 Å². The highest BCUT2D eigenvalue weighted by Crippen LogP contribution is 2.28. The first-order chi connectivity index (χ1) is 7.54. The second-order valence-electron chi connectivity index (χ2n) is 3.35. The Bertz CT molecular complexity index is 380. The topological polar surface area (TPSA) is 64.3 Å². The third-order valence-corrected chi connectivity index (χ3v) is 2.15. The molecule has 5 heteroatoms. The predicted molar refractivity (Wildman–Crippen MR) is 64.9 cm³/mol. The molecule has 1 atom stereocenters. The summed E-state index contributed by atoms with van der Waals surface area (Å²) >= 11 is 5.84. The number of hydrogen-bond donors (Lipinski definition) is 2. The van der Waals surface area contributed by atoms with Crippen LogP contribution in [0, 0.1) is 0 Å². The lowest BCUT2D eigenvalue weighted by Gasteiger charge is -2.13. The van der Waals surface area contributed by atoms with Gasteiger partial charge in [-0.05, 0) is 32.0 Å². The molecule has 16 heavy (non-hydrogen) atoms. The van der Waals surface area contributed by atoms with Crippen LogP contribution in [0.5, 0.6) is 5.75 Å². The Morgan fingerprint density at radius 2 is 2.31 bits per heavy atom. The average molecular weight is 243 g/mol. The largest absolute Gasteiger partial charge is 0.492 e. The lowest BCUT2D eigenvalue weighted by Crippen LogP contribution is -2.32. The lowest BCUT2D eigenvalue weighted by atomic mass is 10.2. The molecule has 0 saturated heterocycles. The highest BCUT2D eigenvalue weighted by atomic mass is 35.5. The summed E-state index contributed by atoms with van der Waals surface area (Å²) in [6.07, 6.45) is 0. The molecule has 1 unspecified atom stereocenters. The van der Waals surface area contributed by atoms with Crippen molar-refractivity contribution >= 4 is 23.2 Å². The molecule has 4 nitrogen and oxygen atoms in total. The summed E-state index contributed by atoms with van der Waals surface area (Å²) in [5.41, 5.74) is 6.00. The Kier molecular flexibility index (Phi) is 4.58. The van der Waals surface area contributed by atoms with Crippen molar-refractivity contribution in [3.05, 3.63) is 23.2 Å². The molecule has 0 heterocycles. The van der Waals surface area contributed by atoms with Gasteiger partial charge in [0.05, 0.1) is 18.3 Å². The number of halogens is 1. The Hall–Kier alpha value is -1.26. The monoisotopic (exact) mass is 242 g/mol. The van der Waals surface area contributed by atoms with Crippen LogP contribution in [0.2, 0.25) is 5.02 Å². The molecule has 0 saturated carbocycles. The SMILES string of the molecule is CCOc1ccc(Cl)cc1NC(=O)C(C)N. The number of nitrogens with two attached hydrogens (primary N) is 1. The summed E-state index contributed by atoms with van der Waals surface area (Å²) in [5, 5.41) is 3.19. The van der Waals surface area contributed by atoms with Crippen molar-refractivity contribution in [2.24, 2.45) is 5.73 Å². The second kappa shape index (κ2) is 5.72. The molecule has 88 valence electrons. The van der Waals surface area contributed by atoms with Crippen molar-refractivity contribution < 1.29 is 9.53 Å². The first-order valence-corrected chi connectivity index (χ1v) is 5.41. The number of hydrogen-bond acceptors (Lipinski definition) is 3. The van der Waals surface area contributed by atoms with E-state index < -0.39 is 6.04 Å². The van der Waals surface area contributed by atoms with Gasteiger partial charge in [0.25, 0.3) is 0 Å². The molecule has 3 N–H and O–H groups in total. The van der Waals surface area contributed by atoms with Crippen LogP contribution in [-0.2, 0) is 4.79 Å². The molecular formula is C11H15ClN2O2.